The molecular formula is C25H32N2O4S. The van der Waals surface area contributed by atoms with Crippen molar-refractivity contribution in [3.63, 3.8) is 0 Å². The van der Waals surface area contributed by atoms with Crippen molar-refractivity contribution < 1.29 is 17.7 Å². The van der Waals surface area contributed by atoms with Crippen LogP contribution in [0.25, 0.3) is 10.8 Å². The molecule has 4 rings (SSSR count). The van der Waals surface area contributed by atoms with E-state index >= 15 is 0 Å². The Hall–Kier alpha value is -2.48. The zero-order valence-corrected chi connectivity index (χ0v) is 19.8. The molecule has 3 aromatic rings. The van der Waals surface area contributed by atoms with Crippen molar-refractivity contribution in [3.8, 4) is 5.75 Å². The van der Waals surface area contributed by atoms with Crippen LogP contribution in [0.3, 0.4) is 0 Å². The van der Waals surface area contributed by atoms with Crippen molar-refractivity contribution in [1.82, 2.24) is 9.88 Å². The molecule has 0 aliphatic heterocycles. The molecule has 0 amide bonds. The van der Waals surface area contributed by atoms with Crippen LogP contribution in [-0.4, -0.2) is 56.4 Å². The summed E-state index contributed by atoms with van der Waals surface area (Å²) in [4.78, 5) is 6.68. The van der Waals surface area contributed by atoms with E-state index in [1.165, 1.54) is 40.3 Å². The maximum Gasteiger partial charge on any atom is 0.261 e. The topological polar surface area (TPSA) is 79.7 Å². The van der Waals surface area contributed by atoms with E-state index < -0.39 is 10.1 Å². The van der Waals surface area contributed by atoms with E-state index in [9.17, 15) is 8.42 Å². The van der Waals surface area contributed by atoms with E-state index in [1.807, 2.05) is 12.4 Å². The summed E-state index contributed by atoms with van der Waals surface area (Å²) in [6.45, 7) is 2.18. The van der Waals surface area contributed by atoms with Crippen molar-refractivity contribution in [2.45, 2.75) is 31.6 Å². The number of benzene rings is 2. The zero-order valence-electron chi connectivity index (χ0n) is 19.0. The number of rotatable bonds is 6. The van der Waals surface area contributed by atoms with Crippen LogP contribution in [0, 0.1) is 0 Å². The Bertz CT molecular complexity index is 1140. The summed E-state index contributed by atoms with van der Waals surface area (Å²) in [6, 6.07) is 15.3. The van der Waals surface area contributed by atoms with Crippen LogP contribution < -0.4 is 4.74 Å². The molecule has 0 fully saturated rings. The number of ether oxygens (including phenoxy) is 1. The van der Waals surface area contributed by atoms with E-state index in [0.717, 1.165) is 31.7 Å². The fraction of sp³-hybridized carbons (Fsp3) is 0.400. The van der Waals surface area contributed by atoms with Gasteiger partial charge < -0.3 is 9.64 Å². The average molecular weight is 457 g/mol. The van der Waals surface area contributed by atoms with Gasteiger partial charge in [0.05, 0.1) is 13.4 Å². The summed E-state index contributed by atoms with van der Waals surface area (Å²) in [5, 5.41) is 2.49. The molecule has 0 spiro atoms. The van der Waals surface area contributed by atoms with Crippen LogP contribution in [0.5, 0.6) is 5.75 Å². The first-order valence-electron chi connectivity index (χ1n) is 10.8. The summed E-state index contributed by atoms with van der Waals surface area (Å²) in [5.41, 5.74) is 4.31. The van der Waals surface area contributed by atoms with Crippen molar-refractivity contribution in [1.29, 1.82) is 0 Å². The molecule has 0 bridgehead atoms. The van der Waals surface area contributed by atoms with E-state index in [0.29, 0.717) is 12.2 Å². The van der Waals surface area contributed by atoms with Gasteiger partial charge in [0.25, 0.3) is 10.1 Å². The van der Waals surface area contributed by atoms with Crippen LogP contribution in [0.2, 0.25) is 0 Å². The minimum atomic E-state index is -3.67. The van der Waals surface area contributed by atoms with Crippen molar-refractivity contribution in [2.75, 3.05) is 33.5 Å². The van der Waals surface area contributed by atoms with Gasteiger partial charge in [-0.3, -0.25) is 9.54 Å². The Morgan fingerprint density at radius 3 is 2.72 bits per heavy atom. The monoisotopic (exact) mass is 456 g/mol. The quantitative estimate of drug-likeness (QED) is 0.556. The Morgan fingerprint density at radius 2 is 1.97 bits per heavy atom. The summed E-state index contributed by atoms with van der Waals surface area (Å²) < 4.78 is 31.5. The second kappa shape index (κ2) is 10.9. The molecule has 1 aliphatic rings. The number of hydrogen-bond acceptors (Lipinski definition) is 5. The maximum atomic E-state index is 9.19. The number of likely N-dealkylation sites (N-methyl/N-ethyl adjacent to an activating group) is 1. The Morgan fingerprint density at radius 1 is 1.19 bits per heavy atom. The third kappa shape index (κ3) is 7.02. The second-order valence-corrected chi connectivity index (χ2v) is 9.89. The van der Waals surface area contributed by atoms with E-state index in [2.05, 4.69) is 59.4 Å². The lowest BCUT2D eigenvalue weighted by Crippen LogP contribution is -2.28. The second-order valence-electron chi connectivity index (χ2n) is 8.42. The number of hydrogen-bond donors (Lipinski definition) is 1. The number of fused-ring (bicyclic) bond motifs is 2. The third-order valence-corrected chi connectivity index (χ3v) is 5.83. The first-order chi connectivity index (χ1) is 15.2. The van der Waals surface area contributed by atoms with Crippen molar-refractivity contribution in [3.05, 3.63) is 71.5 Å². The fourth-order valence-electron chi connectivity index (χ4n) is 4.37. The van der Waals surface area contributed by atoms with Crippen LogP contribution in [0.1, 0.15) is 35.4 Å². The molecule has 2 aromatic carbocycles. The molecule has 1 atom stereocenters. The molecule has 1 aliphatic carbocycles. The fourth-order valence-corrected chi connectivity index (χ4v) is 4.37. The lowest BCUT2D eigenvalue weighted by Gasteiger charge is -2.30. The molecule has 1 N–H and O–H groups in total. The van der Waals surface area contributed by atoms with E-state index in [-0.39, 0.29) is 0 Å². The molecular weight excluding hydrogens is 424 g/mol. The van der Waals surface area contributed by atoms with E-state index in [4.69, 9.17) is 9.29 Å². The Kier molecular flexibility index (Phi) is 8.23. The average Bonchev–Trinajstić information content (AvgIpc) is 2.76. The molecule has 0 unspecified atom stereocenters. The van der Waals surface area contributed by atoms with Gasteiger partial charge in [-0.2, -0.15) is 8.42 Å². The van der Waals surface area contributed by atoms with Gasteiger partial charge in [-0.05, 0) is 72.9 Å². The molecule has 6 nitrogen and oxygen atoms in total. The molecule has 172 valence electrons. The number of aromatic nitrogens is 1. The van der Waals surface area contributed by atoms with Gasteiger partial charge in [-0.1, -0.05) is 30.3 Å². The Balaban J connectivity index is 0.000000523. The Labute approximate surface area is 191 Å². The predicted molar refractivity (Wildman–Crippen MR) is 129 cm³/mol. The van der Waals surface area contributed by atoms with Crippen LogP contribution in [0.4, 0.5) is 0 Å². The summed E-state index contributed by atoms with van der Waals surface area (Å²) in [5.74, 6) is 1.67. The largest absolute Gasteiger partial charge is 0.496 e. The highest BCUT2D eigenvalue weighted by molar-refractivity contribution is 7.85. The van der Waals surface area contributed by atoms with Crippen LogP contribution >= 0.6 is 0 Å². The highest BCUT2D eigenvalue weighted by Crippen LogP contribution is 2.36. The van der Waals surface area contributed by atoms with Gasteiger partial charge in [-0.25, -0.2) is 0 Å². The first kappa shape index (κ1) is 24.2. The highest BCUT2D eigenvalue weighted by Gasteiger charge is 2.23. The maximum absolute atomic E-state index is 9.19. The summed E-state index contributed by atoms with van der Waals surface area (Å²) in [7, 11) is 0.365. The number of pyridine rings is 1. The van der Waals surface area contributed by atoms with Crippen molar-refractivity contribution in [2.24, 2.45) is 0 Å². The van der Waals surface area contributed by atoms with Gasteiger partial charge in [-0.15, -0.1) is 0 Å². The highest BCUT2D eigenvalue weighted by atomic mass is 32.2. The zero-order chi connectivity index (χ0) is 23.1. The summed E-state index contributed by atoms with van der Waals surface area (Å²) in [6.07, 6.45) is 9.26. The van der Waals surface area contributed by atoms with E-state index in [1.54, 1.807) is 7.11 Å². The number of nitrogens with zero attached hydrogens (tertiary/aromatic N) is 2. The smallest absolute Gasteiger partial charge is 0.261 e. The number of methoxy groups -OCH3 is 1. The van der Waals surface area contributed by atoms with Crippen molar-refractivity contribution >= 4 is 20.9 Å². The summed E-state index contributed by atoms with van der Waals surface area (Å²) >= 11 is 0. The van der Waals surface area contributed by atoms with Gasteiger partial charge in [0.15, 0.2) is 0 Å². The molecule has 1 aromatic heterocycles. The lowest BCUT2D eigenvalue weighted by atomic mass is 9.82. The molecule has 32 heavy (non-hydrogen) atoms. The van der Waals surface area contributed by atoms with Crippen LogP contribution in [-0.2, 0) is 23.0 Å². The predicted octanol–water partition coefficient (Wildman–Crippen LogP) is 4.34. The minimum Gasteiger partial charge on any atom is -0.496 e. The van der Waals surface area contributed by atoms with Gasteiger partial charge in [0, 0.05) is 30.9 Å². The van der Waals surface area contributed by atoms with Crippen LogP contribution in [0.15, 0.2) is 54.9 Å². The minimum absolute atomic E-state index is 0.608. The van der Waals surface area contributed by atoms with Gasteiger partial charge in [0.1, 0.15) is 5.75 Å². The molecule has 7 heteroatoms. The normalized spacial score (nSPS) is 15.7. The molecule has 0 saturated heterocycles. The third-order valence-electron chi connectivity index (χ3n) is 5.83. The SMILES string of the molecule is COc1cccc2c1CCC[C@H]2CN(C)CCc1ccc2cnccc2c1.CS(=O)(=O)O. The standard InChI is InChI=1S/C24H28N2O.CH4O3S/c1-26(14-12-18-9-10-20-16-25-13-11-19(20)15-18)17-21-5-3-7-23-22(21)6-4-8-24(23)27-2;1-5(2,3)4/h4,6,8-11,13,15-16,21H,3,5,7,12,14,17H2,1-2H3;1H3,(H,2,3,4)/t21-;/m0./s1. The first-order valence-corrected chi connectivity index (χ1v) is 12.7. The lowest BCUT2D eigenvalue weighted by molar-refractivity contribution is 0.299. The molecule has 0 radical (unpaired) electrons. The molecule has 0 saturated carbocycles. The van der Waals surface area contributed by atoms with Gasteiger partial charge in [0.2, 0.25) is 0 Å². The van der Waals surface area contributed by atoms with Gasteiger partial charge >= 0.3 is 0 Å². The molecule has 1 heterocycles.